The van der Waals surface area contributed by atoms with E-state index < -0.39 is 0 Å². The van der Waals surface area contributed by atoms with Crippen LogP contribution < -0.4 is 0 Å². The van der Waals surface area contributed by atoms with Crippen molar-refractivity contribution < 1.29 is 14.0 Å². The molecule has 1 aliphatic rings. The molecule has 0 saturated heterocycles. The number of aromatic nitrogens is 1. The summed E-state index contributed by atoms with van der Waals surface area (Å²) < 4.78 is 5.70. The third-order valence-corrected chi connectivity index (χ3v) is 5.19. The van der Waals surface area contributed by atoms with Gasteiger partial charge in [-0.25, -0.2) is 0 Å². The highest BCUT2D eigenvalue weighted by atomic mass is 16.3. The molecule has 4 rings (SSSR count). The van der Waals surface area contributed by atoms with Crippen molar-refractivity contribution in [3.8, 4) is 0 Å². The number of furan rings is 1. The Balaban J connectivity index is 1.52. The molecule has 0 atom stereocenters. The number of hydrogen-bond donors (Lipinski definition) is 0. The predicted molar refractivity (Wildman–Crippen MR) is 112 cm³/mol. The summed E-state index contributed by atoms with van der Waals surface area (Å²) in [6.07, 6.45) is 5.06. The lowest BCUT2D eigenvalue weighted by atomic mass is 10.2. The Morgan fingerprint density at radius 1 is 1.00 bits per heavy atom. The summed E-state index contributed by atoms with van der Waals surface area (Å²) in [4.78, 5) is 33.8. The van der Waals surface area contributed by atoms with E-state index >= 15 is 0 Å². The highest BCUT2D eigenvalue weighted by molar-refractivity contribution is 5.96. The van der Waals surface area contributed by atoms with Crippen LogP contribution in [0.25, 0.3) is 0 Å². The number of aryl methyl sites for hydroxylation is 1. The molecule has 0 spiro atoms. The number of amides is 2. The Bertz CT molecular complexity index is 997. The average Bonchev–Trinajstić information content (AvgIpc) is 3.53. The monoisotopic (exact) mass is 403 g/mol. The van der Waals surface area contributed by atoms with Gasteiger partial charge in [0.2, 0.25) is 5.91 Å². The van der Waals surface area contributed by atoms with E-state index in [9.17, 15) is 9.59 Å². The maximum atomic E-state index is 13.3. The molecule has 2 aromatic heterocycles. The molecule has 6 heteroatoms. The van der Waals surface area contributed by atoms with Crippen LogP contribution in [-0.4, -0.2) is 39.2 Å². The van der Waals surface area contributed by atoms with Gasteiger partial charge in [-0.3, -0.25) is 14.6 Å². The number of carbonyl (C=O) groups excluding carboxylic acids is 2. The fourth-order valence-corrected chi connectivity index (χ4v) is 3.45. The lowest BCUT2D eigenvalue weighted by Crippen LogP contribution is -2.43. The van der Waals surface area contributed by atoms with Crippen LogP contribution in [0.2, 0.25) is 0 Å². The summed E-state index contributed by atoms with van der Waals surface area (Å²) in [5.41, 5.74) is 1.59. The lowest BCUT2D eigenvalue weighted by molar-refractivity contribution is -0.133. The number of pyridine rings is 1. The van der Waals surface area contributed by atoms with Gasteiger partial charge < -0.3 is 14.2 Å². The number of hydrogen-bond acceptors (Lipinski definition) is 4. The Morgan fingerprint density at radius 3 is 2.37 bits per heavy atom. The van der Waals surface area contributed by atoms with E-state index in [1.54, 1.807) is 34.3 Å². The molecule has 1 aromatic carbocycles. The first-order valence-electron chi connectivity index (χ1n) is 10.2. The van der Waals surface area contributed by atoms with Gasteiger partial charge in [-0.1, -0.05) is 30.3 Å². The van der Waals surface area contributed by atoms with Crippen LogP contribution >= 0.6 is 0 Å². The molecule has 6 nitrogen and oxygen atoms in total. The van der Waals surface area contributed by atoms with Crippen LogP contribution in [0, 0.1) is 6.92 Å². The van der Waals surface area contributed by atoms with Gasteiger partial charge in [0.15, 0.2) is 0 Å². The molecule has 154 valence electrons. The first-order chi connectivity index (χ1) is 14.6. The molecule has 0 radical (unpaired) electrons. The van der Waals surface area contributed by atoms with Gasteiger partial charge in [0.1, 0.15) is 18.1 Å². The molecule has 1 fully saturated rings. The Kier molecular flexibility index (Phi) is 5.93. The van der Waals surface area contributed by atoms with E-state index in [2.05, 4.69) is 4.98 Å². The van der Waals surface area contributed by atoms with Crippen molar-refractivity contribution in [2.24, 2.45) is 0 Å². The topological polar surface area (TPSA) is 66.7 Å². The lowest BCUT2D eigenvalue weighted by Gasteiger charge is -2.27. The van der Waals surface area contributed by atoms with E-state index in [1.165, 1.54) is 0 Å². The van der Waals surface area contributed by atoms with Crippen LogP contribution in [-0.2, 0) is 17.9 Å². The van der Waals surface area contributed by atoms with E-state index in [-0.39, 0.29) is 24.4 Å². The second kappa shape index (κ2) is 8.95. The molecular weight excluding hydrogens is 378 g/mol. The molecule has 30 heavy (non-hydrogen) atoms. The Morgan fingerprint density at radius 2 is 1.73 bits per heavy atom. The highest BCUT2D eigenvalue weighted by Crippen LogP contribution is 2.28. The maximum Gasteiger partial charge on any atom is 0.254 e. The van der Waals surface area contributed by atoms with Crippen LogP contribution in [0.4, 0.5) is 0 Å². The van der Waals surface area contributed by atoms with Crippen LogP contribution in [0.3, 0.4) is 0 Å². The Labute approximate surface area is 176 Å². The van der Waals surface area contributed by atoms with Gasteiger partial charge in [0.05, 0.1) is 6.54 Å². The van der Waals surface area contributed by atoms with Gasteiger partial charge in [0.25, 0.3) is 5.91 Å². The van der Waals surface area contributed by atoms with Crippen LogP contribution in [0.1, 0.15) is 40.3 Å². The minimum atomic E-state index is -0.123. The van der Waals surface area contributed by atoms with E-state index in [0.29, 0.717) is 18.7 Å². The van der Waals surface area contributed by atoms with Crippen LogP contribution in [0.5, 0.6) is 0 Å². The quantitative estimate of drug-likeness (QED) is 0.574. The van der Waals surface area contributed by atoms with Gasteiger partial charge in [-0.2, -0.15) is 0 Å². The summed E-state index contributed by atoms with van der Waals surface area (Å²) in [7, 11) is 0. The summed E-state index contributed by atoms with van der Waals surface area (Å²) in [6.45, 7) is 2.76. The molecule has 0 unspecified atom stereocenters. The maximum absolute atomic E-state index is 13.3. The zero-order valence-electron chi connectivity index (χ0n) is 17.0. The van der Waals surface area contributed by atoms with Crippen molar-refractivity contribution in [2.75, 3.05) is 6.54 Å². The molecule has 0 bridgehead atoms. The fourth-order valence-electron chi connectivity index (χ4n) is 3.45. The molecule has 0 N–H and O–H groups in total. The number of carbonyl (C=O) groups is 2. The van der Waals surface area contributed by atoms with Crippen molar-refractivity contribution in [1.29, 1.82) is 0 Å². The third kappa shape index (κ3) is 4.95. The summed E-state index contributed by atoms with van der Waals surface area (Å²) >= 11 is 0. The SMILES string of the molecule is Cc1ccc(CN(Cc2ccccc2)C(=O)CN(C(=O)c2ccncc2)C2CC2)o1. The van der Waals surface area contributed by atoms with E-state index in [1.807, 2.05) is 49.4 Å². The zero-order chi connectivity index (χ0) is 20.9. The first kappa shape index (κ1) is 19.9. The molecule has 1 saturated carbocycles. The molecule has 1 aliphatic carbocycles. The second-order valence-electron chi connectivity index (χ2n) is 7.65. The standard InChI is InChI=1S/C24H25N3O3/c1-18-7-10-22(30-18)16-26(15-19-5-3-2-4-6-19)23(28)17-27(21-8-9-21)24(29)20-11-13-25-14-12-20/h2-7,10-14,21H,8-9,15-17H2,1H3. The average molecular weight is 403 g/mol. The van der Waals surface area contributed by atoms with Gasteiger partial charge in [-0.15, -0.1) is 0 Å². The van der Waals surface area contributed by atoms with Crippen molar-refractivity contribution in [1.82, 2.24) is 14.8 Å². The molecule has 2 heterocycles. The summed E-state index contributed by atoms with van der Waals surface area (Å²) in [6, 6.07) is 17.1. The Hall–Kier alpha value is -3.41. The van der Waals surface area contributed by atoms with Crippen molar-refractivity contribution >= 4 is 11.8 Å². The van der Waals surface area contributed by atoms with Crippen molar-refractivity contribution in [2.45, 2.75) is 38.9 Å². The van der Waals surface area contributed by atoms with Crippen molar-refractivity contribution in [3.63, 3.8) is 0 Å². The summed E-state index contributed by atoms with van der Waals surface area (Å²) in [5.74, 6) is 1.32. The number of benzene rings is 1. The minimum absolute atomic E-state index is 0.0539. The van der Waals surface area contributed by atoms with Crippen molar-refractivity contribution in [3.05, 3.63) is 89.6 Å². The number of rotatable bonds is 8. The predicted octanol–water partition coefficient (Wildman–Crippen LogP) is 3.82. The highest BCUT2D eigenvalue weighted by Gasteiger charge is 2.35. The minimum Gasteiger partial charge on any atom is -0.464 e. The smallest absolute Gasteiger partial charge is 0.254 e. The largest absolute Gasteiger partial charge is 0.464 e. The molecular formula is C24H25N3O3. The normalized spacial score (nSPS) is 13.1. The molecule has 2 amide bonds. The van der Waals surface area contributed by atoms with E-state index in [0.717, 1.165) is 29.9 Å². The molecule has 0 aliphatic heterocycles. The first-order valence-corrected chi connectivity index (χ1v) is 10.2. The van der Waals surface area contributed by atoms with Gasteiger partial charge >= 0.3 is 0 Å². The third-order valence-electron chi connectivity index (χ3n) is 5.19. The van der Waals surface area contributed by atoms with E-state index in [4.69, 9.17) is 4.42 Å². The second-order valence-corrected chi connectivity index (χ2v) is 7.65. The number of nitrogens with zero attached hydrogens (tertiary/aromatic N) is 3. The fraction of sp³-hybridized carbons (Fsp3) is 0.292. The van der Waals surface area contributed by atoms with Gasteiger partial charge in [0, 0.05) is 30.5 Å². The van der Waals surface area contributed by atoms with Crippen LogP contribution in [0.15, 0.2) is 71.4 Å². The van der Waals surface area contributed by atoms with Gasteiger partial charge in [-0.05, 0) is 49.6 Å². The molecule has 3 aromatic rings. The summed E-state index contributed by atoms with van der Waals surface area (Å²) in [5, 5.41) is 0. The zero-order valence-corrected chi connectivity index (χ0v) is 17.0.